The van der Waals surface area contributed by atoms with Gasteiger partial charge in [0.25, 0.3) is 0 Å². The molecule has 0 radical (unpaired) electrons. The van der Waals surface area contributed by atoms with Gasteiger partial charge in [-0.15, -0.1) is 0 Å². The van der Waals surface area contributed by atoms with E-state index in [1.54, 1.807) is 0 Å². The van der Waals surface area contributed by atoms with Gasteiger partial charge in [-0.05, 0) is 38.1 Å². The van der Waals surface area contributed by atoms with Gasteiger partial charge >= 0.3 is 5.97 Å². The van der Waals surface area contributed by atoms with E-state index in [9.17, 15) is 4.79 Å². The van der Waals surface area contributed by atoms with Gasteiger partial charge in [0.1, 0.15) is 18.2 Å². The Morgan fingerprint density at radius 3 is 2.76 bits per heavy atom. The molecular weight excluding hydrogens is 268 g/mol. The minimum Gasteiger partial charge on any atom is -0.480 e. The Bertz CT molecular complexity index is 653. The Labute approximate surface area is 122 Å². The number of para-hydroxylation sites is 1. The largest absolute Gasteiger partial charge is 0.480 e. The van der Waals surface area contributed by atoms with Crippen LogP contribution in [0.1, 0.15) is 18.7 Å². The standard InChI is InChI=1S/C15H18N4O2/c20-14(21)9-16-15-11-5-1-2-6-12(11)17-13(18-15)10-19-7-3-4-8-19/h1-2,5-6H,3-4,7-10H2,(H,20,21)(H,16,17,18). The second-order valence-corrected chi connectivity index (χ2v) is 5.24. The SMILES string of the molecule is O=C(O)CNc1nc(CN2CCCC2)nc2ccccc12. The van der Waals surface area contributed by atoms with E-state index in [1.165, 1.54) is 12.8 Å². The van der Waals surface area contributed by atoms with E-state index in [2.05, 4.69) is 20.2 Å². The zero-order valence-corrected chi connectivity index (χ0v) is 11.7. The summed E-state index contributed by atoms with van der Waals surface area (Å²) in [5.41, 5.74) is 0.842. The first-order valence-electron chi connectivity index (χ1n) is 7.16. The predicted molar refractivity (Wildman–Crippen MR) is 80.2 cm³/mol. The van der Waals surface area contributed by atoms with Crippen LogP contribution in [0.4, 0.5) is 5.82 Å². The van der Waals surface area contributed by atoms with Crippen LogP contribution in [-0.4, -0.2) is 45.6 Å². The van der Waals surface area contributed by atoms with Crippen LogP contribution in [0, 0.1) is 0 Å². The first kappa shape index (κ1) is 13.8. The molecule has 6 heteroatoms. The first-order valence-corrected chi connectivity index (χ1v) is 7.16. The normalized spacial score (nSPS) is 15.4. The van der Waals surface area contributed by atoms with Crippen molar-refractivity contribution in [2.45, 2.75) is 19.4 Å². The number of likely N-dealkylation sites (tertiary alicyclic amines) is 1. The van der Waals surface area contributed by atoms with Gasteiger partial charge in [0.2, 0.25) is 0 Å². The van der Waals surface area contributed by atoms with Gasteiger partial charge in [-0.3, -0.25) is 9.69 Å². The predicted octanol–water partition coefficient (Wildman–Crippen LogP) is 1.72. The summed E-state index contributed by atoms with van der Waals surface area (Å²) in [5, 5.41) is 12.6. The van der Waals surface area contributed by atoms with E-state index in [-0.39, 0.29) is 6.54 Å². The molecular formula is C15H18N4O2. The number of nitrogens with zero attached hydrogens (tertiary/aromatic N) is 3. The lowest BCUT2D eigenvalue weighted by Gasteiger charge is -2.15. The number of carboxylic acids is 1. The molecule has 0 unspecified atom stereocenters. The molecule has 0 bridgehead atoms. The van der Waals surface area contributed by atoms with Crippen molar-refractivity contribution >= 4 is 22.7 Å². The number of benzene rings is 1. The van der Waals surface area contributed by atoms with Gasteiger partial charge < -0.3 is 10.4 Å². The van der Waals surface area contributed by atoms with E-state index < -0.39 is 5.97 Å². The molecule has 0 amide bonds. The Balaban J connectivity index is 1.91. The van der Waals surface area contributed by atoms with Crippen molar-refractivity contribution in [1.82, 2.24) is 14.9 Å². The highest BCUT2D eigenvalue weighted by molar-refractivity contribution is 5.90. The van der Waals surface area contributed by atoms with Crippen LogP contribution in [0.2, 0.25) is 0 Å². The highest BCUT2D eigenvalue weighted by Gasteiger charge is 2.15. The number of aromatic nitrogens is 2. The summed E-state index contributed by atoms with van der Waals surface area (Å²) in [4.78, 5) is 22.2. The lowest BCUT2D eigenvalue weighted by molar-refractivity contribution is -0.134. The Morgan fingerprint density at radius 2 is 2.00 bits per heavy atom. The summed E-state index contributed by atoms with van der Waals surface area (Å²) >= 11 is 0. The summed E-state index contributed by atoms with van der Waals surface area (Å²) in [6.45, 7) is 2.72. The van der Waals surface area contributed by atoms with Crippen LogP contribution in [0.25, 0.3) is 10.9 Å². The molecule has 0 saturated carbocycles. The Morgan fingerprint density at radius 1 is 1.24 bits per heavy atom. The summed E-state index contributed by atoms with van der Waals surface area (Å²) in [6, 6.07) is 7.66. The fraction of sp³-hybridized carbons (Fsp3) is 0.400. The Kier molecular flexibility index (Phi) is 3.96. The fourth-order valence-electron chi connectivity index (χ4n) is 2.63. The van der Waals surface area contributed by atoms with Gasteiger partial charge in [0, 0.05) is 5.39 Å². The highest BCUT2D eigenvalue weighted by atomic mass is 16.4. The van der Waals surface area contributed by atoms with Gasteiger partial charge in [-0.2, -0.15) is 0 Å². The maximum atomic E-state index is 10.8. The molecule has 1 aromatic heterocycles. The lowest BCUT2D eigenvalue weighted by atomic mass is 10.2. The maximum Gasteiger partial charge on any atom is 0.322 e. The van der Waals surface area contributed by atoms with E-state index in [1.807, 2.05) is 24.3 Å². The number of aliphatic carboxylic acids is 1. The molecule has 1 aliphatic heterocycles. The van der Waals surface area contributed by atoms with Crippen LogP contribution in [0.3, 0.4) is 0 Å². The van der Waals surface area contributed by atoms with Crippen molar-refractivity contribution in [3.05, 3.63) is 30.1 Å². The monoisotopic (exact) mass is 286 g/mol. The third kappa shape index (κ3) is 3.28. The van der Waals surface area contributed by atoms with Gasteiger partial charge in [-0.1, -0.05) is 12.1 Å². The third-order valence-electron chi connectivity index (χ3n) is 3.62. The molecule has 3 rings (SSSR count). The topological polar surface area (TPSA) is 78.3 Å². The number of nitrogens with one attached hydrogen (secondary N) is 1. The number of hydrogen-bond acceptors (Lipinski definition) is 5. The van der Waals surface area contributed by atoms with Crippen molar-refractivity contribution in [3.63, 3.8) is 0 Å². The van der Waals surface area contributed by atoms with Crippen molar-refractivity contribution in [1.29, 1.82) is 0 Å². The van der Waals surface area contributed by atoms with Crippen LogP contribution in [0.5, 0.6) is 0 Å². The van der Waals surface area contributed by atoms with Crippen molar-refractivity contribution in [2.24, 2.45) is 0 Å². The molecule has 21 heavy (non-hydrogen) atoms. The molecule has 1 saturated heterocycles. The molecule has 1 aromatic carbocycles. The summed E-state index contributed by atoms with van der Waals surface area (Å²) in [6.07, 6.45) is 2.44. The number of carbonyl (C=O) groups is 1. The number of fused-ring (bicyclic) bond motifs is 1. The second-order valence-electron chi connectivity index (χ2n) is 5.24. The molecule has 110 valence electrons. The minimum atomic E-state index is -0.904. The summed E-state index contributed by atoms with van der Waals surface area (Å²) in [5.74, 6) is 0.430. The van der Waals surface area contributed by atoms with Crippen LogP contribution >= 0.6 is 0 Å². The van der Waals surface area contributed by atoms with Crippen molar-refractivity contribution < 1.29 is 9.90 Å². The quantitative estimate of drug-likeness (QED) is 0.871. The molecule has 6 nitrogen and oxygen atoms in total. The van der Waals surface area contributed by atoms with Gasteiger partial charge in [-0.25, -0.2) is 9.97 Å². The average Bonchev–Trinajstić information content (AvgIpc) is 2.97. The maximum absolute atomic E-state index is 10.8. The van der Waals surface area contributed by atoms with Crippen LogP contribution < -0.4 is 5.32 Å². The van der Waals surface area contributed by atoms with Crippen LogP contribution in [-0.2, 0) is 11.3 Å². The third-order valence-corrected chi connectivity index (χ3v) is 3.62. The smallest absolute Gasteiger partial charge is 0.322 e. The zero-order valence-electron chi connectivity index (χ0n) is 11.7. The molecule has 2 N–H and O–H groups in total. The van der Waals surface area contributed by atoms with E-state index in [0.717, 1.165) is 29.8 Å². The first-order chi connectivity index (χ1) is 10.2. The van der Waals surface area contributed by atoms with Crippen LogP contribution in [0.15, 0.2) is 24.3 Å². The highest BCUT2D eigenvalue weighted by Crippen LogP contribution is 2.21. The lowest BCUT2D eigenvalue weighted by Crippen LogP contribution is -2.21. The Hall–Kier alpha value is -2.21. The zero-order chi connectivity index (χ0) is 14.7. The molecule has 1 fully saturated rings. The van der Waals surface area contributed by atoms with Crippen molar-refractivity contribution in [3.8, 4) is 0 Å². The number of rotatable bonds is 5. The van der Waals surface area contributed by atoms with Gasteiger partial charge in [0.15, 0.2) is 0 Å². The molecule has 2 heterocycles. The second kappa shape index (κ2) is 6.05. The molecule has 0 aliphatic carbocycles. The minimum absolute atomic E-state index is 0.149. The fourth-order valence-corrected chi connectivity index (χ4v) is 2.63. The molecule has 1 aliphatic rings. The van der Waals surface area contributed by atoms with E-state index in [4.69, 9.17) is 5.11 Å². The number of carboxylic acid groups (broad SMARTS) is 1. The molecule has 0 spiro atoms. The summed E-state index contributed by atoms with van der Waals surface area (Å²) < 4.78 is 0. The molecule has 2 aromatic rings. The van der Waals surface area contributed by atoms with E-state index in [0.29, 0.717) is 12.4 Å². The number of hydrogen-bond donors (Lipinski definition) is 2. The van der Waals surface area contributed by atoms with Gasteiger partial charge in [0.05, 0.1) is 12.1 Å². The number of anilines is 1. The van der Waals surface area contributed by atoms with Crippen molar-refractivity contribution in [2.75, 3.05) is 25.0 Å². The molecule has 0 atom stereocenters. The average molecular weight is 286 g/mol. The summed E-state index contributed by atoms with van der Waals surface area (Å²) in [7, 11) is 0. The van der Waals surface area contributed by atoms with E-state index >= 15 is 0 Å².